The summed E-state index contributed by atoms with van der Waals surface area (Å²) in [4.78, 5) is 4.81. The number of nitrogens with zero attached hydrogens (tertiary/aromatic N) is 2. The number of hydrogen-bond donors (Lipinski definition) is 1. The molecule has 0 amide bonds. The van der Waals surface area contributed by atoms with E-state index in [2.05, 4.69) is 16.0 Å². The third-order valence-electron chi connectivity index (χ3n) is 4.60. The number of methoxy groups -OCH3 is 1. The maximum Gasteiger partial charge on any atom is 0.141 e. The fourth-order valence-electron chi connectivity index (χ4n) is 3.25. The van der Waals surface area contributed by atoms with Gasteiger partial charge in [0.25, 0.3) is 0 Å². The van der Waals surface area contributed by atoms with Gasteiger partial charge in [0.05, 0.1) is 36.9 Å². The molecule has 0 aliphatic carbocycles. The van der Waals surface area contributed by atoms with Crippen LogP contribution in [0.2, 0.25) is 0 Å². The first-order chi connectivity index (χ1) is 13.8. The van der Waals surface area contributed by atoms with Crippen molar-refractivity contribution in [3.8, 4) is 11.5 Å². The molecule has 1 heterocycles. The average Bonchev–Trinajstić information content (AvgIpc) is 3.11. The lowest BCUT2D eigenvalue weighted by atomic mass is 10.3. The molecule has 0 unspecified atom stereocenters. The Balaban J connectivity index is 1.53. The lowest BCUT2D eigenvalue weighted by molar-refractivity contribution is 0.298. The first-order valence-electron chi connectivity index (χ1n) is 9.34. The Labute approximate surface area is 164 Å². The average molecular weight is 373 g/mol. The van der Waals surface area contributed by atoms with Crippen LogP contribution >= 0.6 is 0 Å². The molecule has 5 nitrogen and oxygen atoms in total. The van der Waals surface area contributed by atoms with Crippen molar-refractivity contribution in [1.82, 2.24) is 9.55 Å². The molecule has 0 saturated heterocycles. The molecule has 4 aromatic rings. The normalized spacial score (nSPS) is 10.8. The van der Waals surface area contributed by atoms with Gasteiger partial charge in [0.15, 0.2) is 0 Å². The minimum absolute atomic E-state index is 0.575. The highest BCUT2D eigenvalue weighted by Crippen LogP contribution is 2.24. The highest BCUT2D eigenvalue weighted by molar-refractivity contribution is 5.76. The summed E-state index contributed by atoms with van der Waals surface area (Å²) in [7, 11) is 1.68. The van der Waals surface area contributed by atoms with E-state index in [1.165, 1.54) is 0 Å². The number of ether oxygens (including phenoxy) is 2. The van der Waals surface area contributed by atoms with Crippen molar-refractivity contribution in [3.05, 3.63) is 84.7 Å². The van der Waals surface area contributed by atoms with Gasteiger partial charge < -0.3 is 19.4 Å². The number of hydrogen-bond acceptors (Lipinski definition) is 4. The Bertz CT molecular complexity index is 1040. The van der Waals surface area contributed by atoms with E-state index in [1.54, 1.807) is 7.11 Å². The van der Waals surface area contributed by atoms with Crippen LogP contribution in [-0.2, 0) is 13.1 Å². The van der Waals surface area contributed by atoms with Gasteiger partial charge in [0.2, 0.25) is 0 Å². The van der Waals surface area contributed by atoms with E-state index in [0.29, 0.717) is 13.2 Å². The van der Waals surface area contributed by atoms with Crippen LogP contribution in [0.1, 0.15) is 5.82 Å². The van der Waals surface area contributed by atoms with Gasteiger partial charge in [-0.1, -0.05) is 42.5 Å². The molecule has 28 heavy (non-hydrogen) atoms. The largest absolute Gasteiger partial charge is 0.495 e. The van der Waals surface area contributed by atoms with E-state index in [1.807, 2.05) is 72.8 Å². The molecule has 0 aliphatic heterocycles. The standard InChI is InChI=1S/C23H23N3O2/c1-27-22-14-8-6-12-20(22)24-17-23-25-19-11-5-7-13-21(19)26(23)15-16-28-18-9-3-2-4-10-18/h2-14,24H,15-17H2,1H3. The zero-order valence-corrected chi connectivity index (χ0v) is 15.8. The van der Waals surface area contributed by atoms with Crippen molar-refractivity contribution in [2.45, 2.75) is 13.1 Å². The van der Waals surface area contributed by atoms with Crippen molar-refractivity contribution in [2.24, 2.45) is 0 Å². The molecule has 3 aromatic carbocycles. The number of fused-ring (bicyclic) bond motifs is 1. The van der Waals surface area contributed by atoms with Gasteiger partial charge in [0, 0.05) is 0 Å². The number of para-hydroxylation sites is 5. The zero-order chi connectivity index (χ0) is 19.2. The van der Waals surface area contributed by atoms with Gasteiger partial charge in [0.1, 0.15) is 23.9 Å². The van der Waals surface area contributed by atoms with Gasteiger partial charge >= 0.3 is 0 Å². The lowest BCUT2D eigenvalue weighted by Crippen LogP contribution is -2.14. The second-order valence-electron chi connectivity index (χ2n) is 6.38. The Morgan fingerprint density at radius 3 is 2.50 bits per heavy atom. The quantitative estimate of drug-likeness (QED) is 0.485. The van der Waals surface area contributed by atoms with E-state index in [-0.39, 0.29) is 0 Å². The third kappa shape index (κ3) is 3.93. The molecule has 5 heteroatoms. The summed E-state index contributed by atoms with van der Waals surface area (Å²) in [6, 6.07) is 26.0. The van der Waals surface area contributed by atoms with Crippen molar-refractivity contribution >= 4 is 16.7 Å². The summed E-state index contributed by atoms with van der Waals surface area (Å²) in [6.07, 6.45) is 0. The summed E-state index contributed by atoms with van der Waals surface area (Å²) in [5, 5.41) is 3.44. The second-order valence-corrected chi connectivity index (χ2v) is 6.38. The lowest BCUT2D eigenvalue weighted by Gasteiger charge is -2.13. The van der Waals surface area contributed by atoms with Crippen LogP contribution in [0.5, 0.6) is 11.5 Å². The maximum absolute atomic E-state index is 5.89. The predicted molar refractivity (Wildman–Crippen MR) is 112 cm³/mol. The highest BCUT2D eigenvalue weighted by Gasteiger charge is 2.11. The van der Waals surface area contributed by atoms with Crippen LogP contribution in [0, 0.1) is 0 Å². The van der Waals surface area contributed by atoms with E-state index in [0.717, 1.165) is 40.6 Å². The Morgan fingerprint density at radius 2 is 1.64 bits per heavy atom. The summed E-state index contributed by atoms with van der Waals surface area (Å²) >= 11 is 0. The number of anilines is 1. The van der Waals surface area contributed by atoms with Gasteiger partial charge in [-0.15, -0.1) is 0 Å². The van der Waals surface area contributed by atoms with E-state index in [4.69, 9.17) is 14.5 Å². The van der Waals surface area contributed by atoms with E-state index >= 15 is 0 Å². The van der Waals surface area contributed by atoms with Crippen LogP contribution in [-0.4, -0.2) is 23.3 Å². The van der Waals surface area contributed by atoms with Crippen LogP contribution < -0.4 is 14.8 Å². The number of aromatic nitrogens is 2. The molecule has 1 N–H and O–H groups in total. The number of imidazole rings is 1. The summed E-state index contributed by atoms with van der Waals surface area (Å²) in [6.45, 7) is 1.89. The number of rotatable bonds is 8. The van der Waals surface area contributed by atoms with Crippen LogP contribution in [0.25, 0.3) is 11.0 Å². The molecule has 142 valence electrons. The van der Waals surface area contributed by atoms with Crippen molar-refractivity contribution in [2.75, 3.05) is 19.0 Å². The molecule has 0 fully saturated rings. The highest BCUT2D eigenvalue weighted by atomic mass is 16.5. The zero-order valence-electron chi connectivity index (χ0n) is 15.8. The van der Waals surface area contributed by atoms with Crippen molar-refractivity contribution in [3.63, 3.8) is 0 Å². The third-order valence-corrected chi connectivity index (χ3v) is 4.60. The molecular formula is C23H23N3O2. The van der Waals surface area contributed by atoms with Crippen molar-refractivity contribution in [1.29, 1.82) is 0 Å². The Hall–Kier alpha value is -3.47. The van der Waals surface area contributed by atoms with E-state index < -0.39 is 0 Å². The van der Waals surface area contributed by atoms with Crippen LogP contribution in [0.4, 0.5) is 5.69 Å². The van der Waals surface area contributed by atoms with Gasteiger partial charge in [-0.25, -0.2) is 4.98 Å². The molecule has 0 bridgehead atoms. The SMILES string of the molecule is COc1ccccc1NCc1nc2ccccc2n1CCOc1ccccc1. The van der Waals surface area contributed by atoms with Gasteiger partial charge in [-0.3, -0.25) is 0 Å². The molecule has 0 radical (unpaired) electrons. The predicted octanol–water partition coefficient (Wildman–Crippen LogP) is 4.74. The topological polar surface area (TPSA) is 48.3 Å². The summed E-state index contributed by atoms with van der Waals surface area (Å²) < 4.78 is 13.5. The summed E-state index contributed by atoms with van der Waals surface area (Å²) in [5.41, 5.74) is 3.04. The monoisotopic (exact) mass is 373 g/mol. The molecule has 0 saturated carbocycles. The fourth-order valence-corrected chi connectivity index (χ4v) is 3.25. The minimum atomic E-state index is 0.575. The number of nitrogens with one attached hydrogen (secondary N) is 1. The maximum atomic E-state index is 5.89. The van der Waals surface area contributed by atoms with Crippen LogP contribution in [0.3, 0.4) is 0 Å². The molecule has 0 spiro atoms. The van der Waals surface area contributed by atoms with Gasteiger partial charge in [-0.2, -0.15) is 0 Å². The number of benzene rings is 3. The van der Waals surface area contributed by atoms with Crippen LogP contribution in [0.15, 0.2) is 78.9 Å². The fraction of sp³-hybridized carbons (Fsp3) is 0.174. The summed E-state index contributed by atoms with van der Waals surface area (Å²) in [5.74, 6) is 2.65. The van der Waals surface area contributed by atoms with E-state index in [9.17, 15) is 0 Å². The molecular weight excluding hydrogens is 350 g/mol. The van der Waals surface area contributed by atoms with Gasteiger partial charge in [-0.05, 0) is 36.4 Å². The molecule has 0 atom stereocenters. The molecule has 0 aliphatic rings. The Morgan fingerprint density at radius 1 is 0.893 bits per heavy atom. The van der Waals surface area contributed by atoms with Crippen molar-refractivity contribution < 1.29 is 9.47 Å². The molecule has 1 aromatic heterocycles. The molecule has 4 rings (SSSR count). The Kier molecular flexibility index (Phi) is 5.43. The first kappa shape index (κ1) is 17.9. The second kappa shape index (κ2) is 8.48. The minimum Gasteiger partial charge on any atom is -0.495 e. The first-order valence-corrected chi connectivity index (χ1v) is 9.34. The smallest absolute Gasteiger partial charge is 0.141 e.